The van der Waals surface area contributed by atoms with Crippen LogP contribution in [0.5, 0.6) is 5.75 Å². The number of rotatable bonds is 4. The molecular weight excluding hydrogens is 256 g/mol. The summed E-state index contributed by atoms with van der Waals surface area (Å²) in [7, 11) is 1.56. The predicted octanol–water partition coefficient (Wildman–Crippen LogP) is 2.41. The van der Waals surface area contributed by atoms with Crippen LogP contribution in [0.1, 0.15) is 18.5 Å². The molecule has 0 aliphatic heterocycles. The highest BCUT2D eigenvalue weighted by Crippen LogP contribution is 2.27. The third kappa shape index (κ3) is 2.54. The second-order valence-electron chi connectivity index (χ2n) is 4.10. The number of pyridine rings is 1. The van der Waals surface area contributed by atoms with Gasteiger partial charge in [0.15, 0.2) is 5.92 Å². The molecular formula is C15H14N2O3. The van der Waals surface area contributed by atoms with Gasteiger partial charge in [0.2, 0.25) is 0 Å². The zero-order chi connectivity index (χ0) is 14.5. The SMILES string of the molecule is CCOC(=O)C(C#N)c1nccc2ccc(OC)cc12. The number of hydrogen-bond donors (Lipinski definition) is 0. The second kappa shape index (κ2) is 6.02. The first-order valence-electron chi connectivity index (χ1n) is 6.20. The van der Waals surface area contributed by atoms with Gasteiger partial charge in [0.1, 0.15) is 5.75 Å². The van der Waals surface area contributed by atoms with Crippen molar-refractivity contribution in [2.24, 2.45) is 0 Å². The number of benzene rings is 1. The van der Waals surface area contributed by atoms with Crippen LogP contribution in [-0.4, -0.2) is 24.7 Å². The Hall–Kier alpha value is -2.61. The van der Waals surface area contributed by atoms with Gasteiger partial charge in [0.25, 0.3) is 0 Å². The first kappa shape index (κ1) is 13.8. The van der Waals surface area contributed by atoms with Crippen LogP contribution in [0, 0.1) is 11.3 Å². The number of carbonyl (C=O) groups excluding carboxylic acids is 1. The largest absolute Gasteiger partial charge is 0.497 e. The molecule has 1 heterocycles. The van der Waals surface area contributed by atoms with Gasteiger partial charge in [-0.3, -0.25) is 9.78 Å². The summed E-state index contributed by atoms with van der Waals surface area (Å²) < 4.78 is 10.1. The van der Waals surface area contributed by atoms with Crippen molar-refractivity contribution in [2.75, 3.05) is 13.7 Å². The summed E-state index contributed by atoms with van der Waals surface area (Å²) in [6.07, 6.45) is 1.58. The number of fused-ring (bicyclic) bond motifs is 1. The molecule has 102 valence electrons. The van der Waals surface area contributed by atoms with Crippen molar-refractivity contribution in [1.29, 1.82) is 5.26 Å². The summed E-state index contributed by atoms with van der Waals surface area (Å²) in [5.41, 5.74) is 0.391. The molecule has 0 N–H and O–H groups in total. The summed E-state index contributed by atoms with van der Waals surface area (Å²) in [4.78, 5) is 16.0. The molecule has 0 saturated carbocycles. The summed E-state index contributed by atoms with van der Waals surface area (Å²) in [6.45, 7) is 1.93. The molecule has 0 aliphatic carbocycles. The minimum absolute atomic E-state index is 0.227. The number of nitriles is 1. The van der Waals surface area contributed by atoms with E-state index in [1.165, 1.54) is 0 Å². The van der Waals surface area contributed by atoms with Gasteiger partial charge in [-0.05, 0) is 30.5 Å². The fourth-order valence-corrected chi connectivity index (χ4v) is 1.98. The van der Waals surface area contributed by atoms with Crippen molar-refractivity contribution in [3.8, 4) is 11.8 Å². The van der Waals surface area contributed by atoms with Crippen LogP contribution < -0.4 is 4.74 Å². The van der Waals surface area contributed by atoms with Crippen LogP contribution >= 0.6 is 0 Å². The molecule has 1 aromatic carbocycles. The molecule has 0 saturated heterocycles. The zero-order valence-electron chi connectivity index (χ0n) is 11.3. The fraction of sp³-hybridized carbons (Fsp3) is 0.267. The van der Waals surface area contributed by atoms with Gasteiger partial charge in [-0.1, -0.05) is 6.07 Å². The van der Waals surface area contributed by atoms with Crippen LogP contribution in [-0.2, 0) is 9.53 Å². The van der Waals surface area contributed by atoms with Crippen LogP contribution in [0.4, 0.5) is 0 Å². The highest BCUT2D eigenvalue weighted by molar-refractivity contribution is 5.92. The van der Waals surface area contributed by atoms with Gasteiger partial charge in [0.05, 0.1) is 25.5 Å². The van der Waals surface area contributed by atoms with Crippen molar-refractivity contribution in [3.05, 3.63) is 36.2 Å². The Labute approximate surface area is 116 Å². The number of hydrogen-bond acceptors (Lipinski definition) is 5. The van der Waals surface area contributed by atoms with E-state index in [4.69, 9.17) is 9.47 Å². The van der Waals surface area contributed by atoms with Crippen LogP contribution in [0.2, 0.25) is 0 Å². The monoisotopic (exact) mass is 270 g/mol. The van der Waals surface area contributed by atoms with Gasteiger partial charge in [0, 0.05) is 11.6 Å². The van der Waals surface area contributed by atoms with Crippen molar-refractivity contribution in [2.45, 2.75) is 12.8 Å². The van der Waals surface area contributed by atoms with Crippen LogP contribution in [0.15, 0.2) is 30.5 Å². The second-order valence-corrected chi connectivity index (χ2v) is 4.10. The van der Waals surface area contributed by atoms with E-state index in [0.717, 1.165) is 5.39 Å². The molecule has 0 aliphatic rings. The standard InChI is InChI=1S/C15H14N2O3/c1-3-20-15(18)13(9-16)14-12-8-11(19-2)5-4-10(12)6-7-17-14/h4-8,13H,3H2,1-2H3. The van der Waals surface area contributed by atoms with Gasteiger partial charge >= 0.3 is 5.97 Å². The zero-order valence-corrected chi connectivity index (χ0v) is 11.3. The van der Waals surface area contributed by atoms with Crippen LogP contribution in [0.3, 0.4) is 0 Å². The number of carbonyl (C=O) groups is 1. The van der Waals surface area contributed by atoms with Gasteiger partial charge in [-0.25, -0.2) is 0 Å². The molecule has 0 spiro atoms. The molecule has 0 radical (unpaired) electrons. The van der Waals surface area contributed by atoms with Gasteiger partial charge < -0.3 is 9.47 Å². The number of aromatic nitrogens is 1. The Morgan fingerprint density at radius 3 is 2.90 bits per heavy atom. The minimum atomic E-state index is -1.04. The maximum atomic E-state index is 11.9. The molecule has 2 aromatic rings. The summed E-state index contributed by atoms with van der Waals surface area (Å²) in [5, 5.41) is 10.8. The van der Waals surface area contributed by atoms with Gasteiger partial charge in [-0.15, -0.1) is 0 Å². The van der Waals surface area contributed by atoms with E-state index >= 15 is 0 Å². The van der Waals surface area contributed by atoms with Crippen molar-refractivity contribution in [1.82, 2.24) is 4.98 Å². The molecule has 0 fully saturated rings. The Kier molecular flexibility index (Phi) is 4.16. The quantitative estimate of drug-likeness (QED) is 0.798. The molecule has 2 rings (SSSR count). The predicted molar refractivity (Wildman–Crippen MR) is 73.3 cm³/mol. The topological polar surface area (TPSA) is 72.2 Å². The van der Waals surface area contributed by atoms with Crippen molar-refractivity contribution in [3.63, 3.8) is 0 Å². The first-order chi connectivity index (χ1) is 9.71. The van der Waals surface area contributed by atoms with Crippen LogP contribution in [0.25, 0.3) is 10.8 Å². The van der Waals surface area contributed by atoms with E-state index in [1.807, 2.05) is 24.3 Å². The lowest BCUT2D eigenvalue weighted by atomic mass is 10.00. The lowest BCUT2D eigenvalue weighted by molar-refractivity contribution is -0.143. The number of esters is 1. The normalized spacial score (nSPS) is 11.7. The molecule has 20 heavy (non-hydrogen) atoms. The Bertz CT molecular complexity index is 676. The Balaban J connectivity index is 2.57. The number of methoxy groups -OCH3 is 1. The maximum Gasteiger partial charge on any atom is 0.329 e. The lowest BCUT2D eigenvalue weighted by Gasteiger charge is -2.11. The Morgan fingerprint density at radius 2 is 2.25 bits per heavy atom. The van der Waals surface area contributed by atoms with E-state index in [9.17, 15) is 10.1 Å². The molecule has 0 amide bonds. The van der Waals surface area contributed by atoms with Gasteiger partial charge in [-0.2, -0.15) is 5.26 Å². The van der Waals surface area contributed by atoms with Crippen molar-refractivity contribution < 1.29 is 14.3 Å². The molecule has 1 unspecified atom stereocenters. The molecule has 5 nitrogen and oxygen atoms in total. The molecule has 0 bridgehead atoms. The third-order valence-corrected chi connectivity index (χ3v) is 2.93. The van der Waals surface area contributed by atoms with E-state index in [1.54, 1.807) is 26.3 Å². The molecule has 5 heteroatoms. The number of nitrogens with zero attached hydrogens (tertiary/aromatic N) is 2. The maximum absolute atomic E-state index is 11.9. The van der Waals surface area contributed by atoms with Crippen molar-refractivity contribution >= 4 is 16.7 Å². The average Bonchev–Trinajstić information content (AvgIpc) is 2.48. The third-order valence-electron chi connectivity index (χ3n) is 2.93. The summed E-state index contributed by atoms with van der Waals surface area (Å²) in [5.74, 6) is -0.976. The highest BCUT2D eigenvalue weighted by atomic mass is 16.5. The van der Waals surface area contributed by atoms with E-state index in [2.05, 4.69) is 4.98 Å². The summed E-state index contributed by atoms with van der Waals surface area (Å²) in [6, 6.07) is 9.21. The van der Waals surface area contributed by atoms with E-state index < -0.39 is 11.9 Å². The minimum Gasteiger partial charge on any atom is -0.497 e. The van der Waals surface area contributed by atoms with E-state index in [-0.39, 0.29) is 6.61 Å². The summed E-state index contributed by atoms with van der Waals surface area (Å²) >= 11 is 0. The lowest BCUT2D eigenvalue weighted by Crippen LogP contribution is -2.16. The smallest absolute Gasteiger partial charge is 0.329 e. The number of ether oxygens (including phenoxy) is 2. The van der Waals surface area contributed by atoms with E-state index in [0.29, 0.717) is 16.8 Å². The Morgan fingerprint density at radius 1 is 1.45 bits per heavy atom. The first-order valence-corrected chi connectivity index (χ1v) is 6.20. The highest BCUT2D eigenvalue weighted by Gasteiger charge is 2.25. The molecule has 1 atom stereocenters. The fourth-order valence-electron chi connectivity index (χ4n) is 1.98. The molecule has 1 aromatic heterocycles. The average molecular weight is 270 g/mol.